The molecule has 2 aromatic heterocycles. The smallest absolute Gasteiger partial charge is 0.418 e. The number of halogens is 6. The van der Waals surface area contributed by atoms with Crippen molar-refractivity contribution in [1.29, 1.82) is 0 Å². The largest absolute Gasteiger partial charge is 0.477 e. The number of fused-ring (bicyclic) bond motifs is 1. The summed E-state index contributed by atoms with van der Waals surface area (Å²) < 4.78 is 84.9. The summed E-state index contributed by atoms with van der Waals surface area (Å²) in [5, 5.41) is 9.28. The van der Waals surface area contributed by atoms with Gasteiger partial charge in [0.25, 0.3) is 0 Å². The summed E-state index contributed by atoms with van der Waals surface area (Å²) in [5.74, 6) is -1.29. The summed E-state index contributed by atoms with van der Waals surface area (Å²) in [6.45, 7) is 0.800. The van der Waals surface area contributed by atoms with Gasteiger partial charge < -0.3 is 25.2 Å². The number of aromatic nitrogens is 3. The molecule has 0 radical (unpaired) electrons. The standard InChI is InChI=1S/C27H28ClF5N6O3/c1-38-15(11-40)3-6-41-24-18-22(20(30)21(35-24)16-7-14(34)8-17(28)19(16)27(31,32)33)36-25(37-23(18)38)42-12-26-4-2-5-39(26)10-13(29)9-26/h7-8,13,15,40H,2-6,9-12,34H2,1H3/t13-,15?,26+/m1/s1. The number of pyridine rings is 1. The maximum Gasteiger partial charge on any atom is 0.418 e. The van der Waals surface area contributed by atoms with Crippen LogP contribution in [0.1, 0.15) is 31.2 Å². The van der Waals surface area contributed by atoms with Crippen LogP contribution in [0.3, 0.4) is 0 Å². The van der Waals surface area contributed by atoms with Gasteiger partial charge in [0.1, 0.15) is 35.2 Å². The molecule has 15 heteroatoms. The zero-order valence-corrected chi connectivity index (χ0v) is 23.3. The maximum absolute atomic E-state index is 16.4. The Morgan fingerprint density at radius 1 is 1.26 bits per heavy atom. The lowest BCUT2D eigenvalue weighted by atomic mass is 9.95. The number of alkyl halides is 4. The molecular formula is C27H28ClF5N6O3. The van der Waals surface area contributed by atoms with Gasteiger partial charge in [0, 0.05) is 37.7 Å². The van der Waals surface area contributed by atoms with E-state index >= 15 is 4.39 Å². The number of nitrogens with zero attached hydrogens (tertiary/aromatic N) is 5. The van der Waals surface area contributed by atoms with E-state index in [1.807, 2.05) is 4.90 Å². The lowest BCUT2D eigenvalue weighted by molar-refractivity contribution is -0.137. The number of rotatable bonds is 5. The van der Waals surface area contributed by atoms with Crippen LogP contribution in [0.5, 0.6) is 11.9 Å². The van der Waals surface area contributed by atoms with Gasteiger partial charge in [0.15, 0.2) is 5.82 Å². The minimum absolute atomic E-state index is 0.00171. The SMILES string of the molecule is CN1c2nc(OC[C@@]34CCCN3C[C@H](F)C4)nc3c(F)c(-c4cc(N)cc(Cl)c4C(F)(F)F)nc(c23)OCCC1CO. The van der Waals surface area contributed by atoms with Crippen LogP contribution in [0.4, 0.5) is 33.5 Å². The lowest BCUT2D eigenvalue weighted by Gasteiger charge is -2.32. The van der Waals surface area contributed by atoms with E-state index in [0.29, 0.717) is 19.4 Å². The Morgan fingerprint density at radius 2 is 2.05 bits per heavy atom. The highest BCUT2D eigenvalue weighted by atomic mass is 35.5. The van der Waals surface area contributed by atoms with Gasteiger partial charge in [-0.15, -0.1) is 0 Å². The molecule has 3 N–H and O–H groups in total. The third-order valence-corrected chi connectivity index (χ3v) is 8.67. The van der Waals surface area contributed by atoms with Crippen LogP contribution < -0.4 is 20.1 Å². The second kappa shape index (κ2) is 10.5. The molecule has 1 unspecified atom stereocenters. The Morgan fingerprint density at radius 3 is 2.79 bits per heavy atom. The van der Waals surface area contributed by atoms with Crippen molar-refractivity contribution in [3.05, 3.63) is 28.5 Å². The molecule has 0 spiro atoms. The van der Waals surface area contributed by atoms with Gasteiger partial charge >= 0.3 is 12.2 Å². The third-order valence-electron chi connectivity index (χ3n) is 8.38. The van der Waals surface area contributed by atoms with Crippen molar-refractivity contribution in [2.75, 3.05) is 50.6 Å². The molecule has 2 saturated heterocycles. The predicted molar refractivity (Wildman–Crippen MR) is 145 cm³/mol. The van der Waals surface area contributed by atoms with E-state index in [1.165, 1.54) is 0 Å². The molecule has 0 aliphatic carbocycles. The first-order chi connectivity index (χ1) is 19.9. The first-order valence-electron chi connectivity index (χ1n) is 13.5. The van der Waals surface area contributed by atoms with E-state index in [9.17, 15) is 22.7 Å². The van der Waals surface area contributed by atoms with Crippen molar-refractivity contribution >= 4 is 34.0 Å². The fraction of sp³-hybridized carbons (Fsp3) is 0.519. The van der Waals surface area contributed by atoms with Crippen molar-refractivity contribution in [1.82, 2.24) is 19.9 Å². The fourth-order valence-corrected chi connectivity index (χ4v) is 6.66. The van der Waals surface area contributed by atoms with E-state index in [0.717, 1.165) is 25.1 Å². The Kier molecular flexibility index (Phi) is 7.21. The number of aliphatic hydroxyl groups excluding tert-OH is 1. The number of likely N-dealkylation sites (N-methyl/N-ethyl adjacent to an activating group) is 1. The first kappa shape index (κ1) is 28.9. The molecule has 3 aliphatic rings. The number of benzene rings is 1. The number of hydrogen-bond donors (Lipinski definition) is 2. The summed E-state index contributed by atoms with van der Waals surface area (Å²) in [5.41, 5.74) is 2.01. The summed E-state index contributed by atoms with van der Waals surface area (Å²) in [6.07, 6.45) is -3.81. The Hall–Kier alpha value is -3.23. The van der Waals surface area contributed by atoms with E-state index in [-0.39, 0.29) is 55.0 Å². The molecule has 9 nitrogen and oxygen atoms in total. The summed E-state index contributed by atoms with van der Waals surface area (Å²) in [4.78, 5) is 16.6. The quantitative estimate of drug-likeness (QED) is 0.314. The van der Waals surface area contributed by atoms with E-state index in [1.54, 1.807) is 11.9 Å². The van der Waals surface area contributed by atoms with Crippen molar-refractivity contribution in [2.45, 2.75) is 49.6 Å². The number of aliphatic hydroxyl groups is 1. The molecule has 0 amide bonds. The van der Waals surface area contributed by atoms with Gasteiger partial charge in [-0.25, -0.2) is 13.8 Å². The fourth-order valence-electron chi connectivity index (χ4n) is 6.33. The predicted octanol–water partition coefficient (Wildman–Crippen LogP) is 4.62. The molecular weight excluding hydrogens is 587 g/mol. The minimum Gasteiger partial charge on any atom is -0.477 e. The van der Waals surface area contributed by atoms with E-state index in [4.69, 9.17) is 26.8 Å². The molecule has 0 bridgehead atoms. The highest BCUT2D eigenvalue weighted by Crippen LogP contribution is 2.46. The normalized spacial score (nSPS) is 24.4. The average Bonchev–Trinajstić information content (AvgIpc) is 3.44. The molecule has 3 aliphatic heterocycles. The zero-order valence-electron chi connectivity index (χ0n) is 22.5. The van der Waals surface area contributed by atoms with Crippen molar-refractivity contribution in [3.8, 4) is 23.1 Å². The van der Waals surface area contributed by atoms with E-state index in [2.05, 4.69) is 15.0 Å². The van der Waals surface area contributed by atoms with Gasteiger partial charge in [-0.3, -0.25) is 4.90 Å². The molecule has 2 fully saturated rings. The molecule has 6 rings (SSSR count). The molecule has 0 saturated carbocycles. The minimum atomic E-state index is -4.96. The van der Waals surface area contributed by atoms with Crippen LogP contribution >= 0.6 is 11.6 Å². The van der Waals surface area contributed by atoms with E-state index < -0.39 is 57.1 Å². The van der Waals surface area contributed by atoms with Crippen molar-refractivity contribution in [3.63, 3.8) is 0 Å². The van der Waals surface area contributed by atoms with Crippen LogP contribution in [0, 0.1) is 5.82 Å². The molecule has 5 heterocycles. The molecule has 42 heavy (non-hydrogen) atoms. The molecule has 1 aromatic carbocycles. The van der Waals surface area contributed by atoms with Crippen molar-refractivity contribution in [2.24, 2.45) is 0 Å². The highest BCUT2D eigenvalue weighted by Gasteiger charge is 2.49. The van der Waals surface area contributed by atoms with Crippen LogP contribution in [0.25, 0.3) is 22.2 Å². The number of nitrogen functional groups attached to an aromatic ring is 1. The Labute approximate surface area is 242 Å². The molecule has 3 aromatic rings. The van der Waals surface area contributed by atoms with Gasteiger partial charge in [-0.05, 0) is 31.5 Å². The third kappa shape index (κ3) is 4.82. The van der Waals surface area contributed by atoms with Crippen LogP contribution in [0.15, 0.2) is 12.1 Å². The zero-order chi connectivity index (χ0) is 30.0. The monoisotopic (exact) mass is 614 g/mol. The molecule has 226 valence electrons. The number of anilines is 2. The number of nitrogens with two attached hydrogens (primary N) is 1. The van der Waals surface area contributed by atoms with Gasteiger partial charge in [-0.2, -0.15) is 23.1 Å². The number of hydrogen-bond acceptors (Lipinski definition) is 9. The maximum atomic E-state index is 16.4. The molecule has 3 atom stereocenters. The summed E-state index contributed by atoms with van der Waals surface area (Å²) >= 11 is 5.94. The summed E-state index contributed by atoms with van der Waals surface area (Å²) in [6, 6.07) is 1.13. The first-order valence-corrected chi connectivity index (χ1v) is 13.9. The second-order valence-corrected chi connectivity index (χ2v) is 11.4. The Balaban J connectivity index is 1.54. The van der Waals surface area contributed by atoms with Crippen LogP contribution in [-0.2, 0) is 6.18 Å². The van der Waals surface area contributed by atoms with Crippen LogP contribution in [-0.4, -0.2) is 82.7 Å². The lowest BCUT2D eigenvalue weighted by Crippen LogP contribution is -2.43. The summed E-state index contributed by atoms with van der Waals surface area (Å²) in [7, 11) is 1.63. The second-order valence-electron chi connectivity index (χ2n) is 11.0. The highest BCUT2D eigenvalue weighted by molar-refractivity contribution is 6.32. The van der Waals surface area contributed by atoms with Gasteiger partial charge in [0.05, 0.1) is 35.4 Å². The van der Waals surface area contributed by atoms with Gasteiger partial charge in [-0.1, -0.05) is 11.6 Å². The van der Waals surface area contributed by atoms with Gasteiger partial charge in [0.2, 0.25) is 5.88 Å². The number of ether oxygens (including phenoxy) is 2. The van der Waals surface area contributed by atoms with Crippen LogP contribution in [0.2, 0.25) is 5.02 Å². The van der Waals surface area contributed by atoms with Crippen molar-refractivity contribution < 1.29 is 36.5 Å². The Bertz CT molecular complexity index is 1540. The average molecular weight is 615 g/mol. The topological polar surface area (TPSA) is 110 Å².